The number of hydrogen-bond donors (Lipinski definition) is 0. The fourth-order valence-corrected chi connectivity index (χ4v) is 2.02. The molecule has 2 heterocycles. The molecule has 1 aliphatic heterocycles. The molecule has 0 fully saturated rings. The third kappa shape index (κ3) is 1.75. The molecule has 1 aromatic rings. The molecule has 0 aliphatic carbocycles. The molecule has 0 saturated carbocycles. The molecule has 1 aliphatic rings. The van der Waals surface area contributed by atoms with Gasteiger partial charge in [0.05, 0.1) is 6.54 Å². The molecule has 0 saturated heterocycles. The maximum atomic E-state index is 4.17. The lowest BCUT2D eigenvalue weighted by Crippen LogP contribution is -2.55. The number of nitrogens with zero attached hydrogens (tertiary/aromatic N) is 4. The lowest BCUT2D eigenvalue weighted by molar-refractivity contribution is 0.000945. The van der Waals surface area contributed by atoms with Crippen LogP contribution in [0.2, 0.25) is 0 Å². The highest BCUT2D eigenvalue weighted by molar-refractivity contribution is 4.98. The molecule has 4 nitrogen and oxygen atoms in total. The zero-order chi connectivity index (χ0) is 12.0. The number of rotatable bonds is 1. The van der Waals surface area contributed by atoms with Crippen LogP contribution in [0.5, 0.6) is 0 Å². The van der Waals surface area contributed by atoms with E-state index in [1.807, 2.05) is 6.33 Å². The highest BCUT2D eigenvalue weighted by Crippen LogP contribution is 2.36. The van der Waals surface area contributed by atoms with Crippen LogP contribution in [0.25, 0.3) is 0 Å². The zero-order valence-electron chi connectivity index (χ0n) is 11.0. The normalized spacial score (nSPS) is 18.6. The SMILES string of the molecule is CC(C)(C)C(C)(C)N1CCn2cnnc2C1. The standard InChI is InChI=1S/C12H22N4/c1-11(2,3)12(4,5)16-7-6-15-9-13-14-10(15)8-16/h9H,6-8H2,1-5H3. The zero-order valence-corrected chi connectivity index (χ0v) is 11.0. The van der Waals surface area contributed by atoms with Gasteiger partial charge in [-0.1, -0.05) is 20.8 Å². The fourth-order valence-electron chi connectivity index (χ4n) is 2.02. The summed E-state index contributed by atoms with van der Waals surface area (Å²) in [4.78, 5) is 2.51. The van der Waals surface area contributed by atoms with Gasteiger partial charge in [0.2, 0.25) is 0 Å². The van der Waals surface area contributed by atoms with Gasteiger partial charge in [0, 0.05) is 18.6 Å². The van der Waals surface area contributed by atoms with Crippen LogP contribution in [0.15, 0.2) is 6.33 Å². The lowest BCUT2D eigenvalue weighted by atomic mass is 9.75. The van der Waals surface area contributed by atoms with Crippen molar-refractivity contribution in [2.75, 3.05) is 6.54 Å². The summed E-state index contributed by atoms with van der Waals surface area (Å²) < 4.78 is 2.15. The molecular weight excluding hydrogens is 200 g/mol. The minimum atomic E-state index is 0.171. The third-order valence-electron chi connectivity index (χ3n) is 4.26. The Hall–Kier alpha value is -0.900. The Balaban J connectivity index is 2.20. The van der Waals surface area contributed by atoms with Crippen molar-refractivity contribution in [1.82, 2.24) is 19.7 Å². The van der Waals surface area contributed by atoms with Crippen molar-refractivity contribution in [2.24, 2.45) is 5.41 Å². The molecule has 0 radical (unpaired) electrons. The van der Waals surface area contributed by atoms with Crippen LogP contribution in [0.4, 0.5) is 0 Å². The highest BCUT2D eigenvalue weighted by atomic mass is 15.3. The minimum Gasteiger partial charge on any atom is -0.315 e. The van der Waals surface area contributed by atoms with E-state index in [-0.39, 0.29) is 11.0 Å². The summed E-state index contributed by atoms with van der Waals surface area (Å²) in [6.07, 6.45) is 1.83. The van der Waals surface area contributed by atoms with Crippen molar-refractivity contribution < 1.29 is 0 Å². The molecule has 0 spiro atoms. The average Bonchev–Trinajstić information content (AvgIpc) is 2.61. The van der Waals surface area contributed by atoms with Crippen molar-refractivity contribution >= 4 is 0 Å². The van der Waals surface area contributed by atoms with E-state index in [1.54, 1.807) is 0 Å². The molecule has 0 N–H and O–H groups in total. The summed E-state index contributed by atoms with van der Waals surface area (Å²) in [6, 6.07) is 0. The van der Waals surface area contributed by atoms with Gasteiger partial charge in [0.15, 0.2) is 0 Å². The second-order valence-electron chi connectivity index (χ2n) is 6.17. The van der Waals surface area contributed by atoms with E-state index in [0.29, 0.717) is 0 Å². The predicted octanol–water partition coefficient (Wildman–Crippen LogP) is 1.92. The molecule has 0 aromatic carbocycles. The summed E-state index contributed by atoms with van der Waals surface area (Å²) >= 11 is 0. The van der Waals surface area contributed by atoms with Crippen LogP contribution >= 0.6 is 0 Å². The molecule has 90 valence electrons. The van der Waals surface area contributed by atoms with Crippen molar-refractivity contribution in [3.8, 4) is 0 Å². The highest BCUT2D eigenvalue weighted by Gasteiger charge is 2.39. The molecule has 0 unspecified atom stereocenters. The summed E-state index contributed by atoms with van der Waals surface area (Å²) in [5.74, 6) is 1.09. The van der Waals surface area contributed by atoms with Crippen molar-refractivity contribution in [3.63, 3.8) is 0 Å². The van der Waals surface area contributed by atoms with Crippen LogP contribution in [-0.2, 0) is 13.1 Å². The smallest absolute Gasteiger partial charge is 0.147 e. The van der Waals surface area contributed by atoms with Crippen LogP contribution in [-0.4, -0.2) is 31.7 Å². The van der Waals surface area contributed by atoms with E-state index in [9.17, 15) is 0 Å². The molecule has 2 rings (SSSR count). The first-order valence-electron chi connectivity index (χ1n) is 5.94. The van der Waals surface area contributed by atoms with Crippen molar-refractivity contribution in [1.29, 1.82) is 0 Å². The van der Waals surface area contributed by atoms with Gasteiger partial charge in [-0.25, -0.2) is 0 Å². The molecule has 0 bridgehead atoms. The summed E-state index contributed by atoms with van der Waals surface area (Å²) in [5.41, 5.74) is 0.430. The van der Waals surface area contributed by atoms with Crippen LogP contribution in [0.3, 0.4) is 0 Å². The van der Waals surface area contributed by atoms with Gasteiger partial charge in [0.25, 0.3) is 0 Å². The van der Waals surface area contributed by atoms with Gasteiger partial charge in [-0.15, -0.1) is 10.2 Å². The second-order valence-corrected chi connectivity index (χ2v) is 6.17. The first kappa shape index (κ1) is 11.6. The first-order valence-corrected chi connectivity index (χ1v) is 5.94. The average molecular weight is 222 g/mol. The Morgan fingerprint density at radius 1 is 1.12 bits per heavy atom. The third-order valence-corrected chi connectivity index (χ3v) is 4.26. The number of fused-ring (bicyclic) bond motifs is 1. The van der Waals surface area contributed by atoms with Crippen LogP contribution in [0.1, 0.15) is 40.4 Å². The Labute approximate surface area is 97.7 Å². The maximum absolute atomic E-state index is 4.17. The monoisotopic (exact) mass is 222 g/mol. The van der Waals surface area contributed by atoms with E-state index in [0.717, 1.165) is 25.5 Å². The first-order chi connectivity index (χ1) is 7.32. The van der Waals surface area contributed by atoms with E-state index >= 15 is 0 Å². The van der Waals surface area contributed by atoms with Gasteiger partial charge in [-0.2, -0.15) is 0 Å². The number of aromatic nitrogens is 3. The van der Waals surface area contributed by atoms with Crippen LogP contribution < -0.4 is 0 Å². The van der Waals surface area contributed by atoms with Crippen molar-refractivity contribution in [3.05, 3.63) is 12.2 Å². The predicted molar refractivity (Wildman–Crippen MR) is 64.0 cm³/mol. The quantitative estimate of drug-likeness (QED) is 0.728. The summed E-state index contributed by atoms with van der Waals surface area (Å²) in [5, 5.41) is 8.14. The minimum absolute atomic E-state index is 0.171. The Bertz CT molecular complexity index is 373. The topological polar surface area (TPSA) is 34.0 Å². The summed E-state index contributed by atoms with van der Waals surface area (Å²) in [6.45, 7) is 14.5. The molecular formula is C12H22N4. The van der Waals surface area contributed by atoms with Gasteiger partial charge >= 0.3 is 0 Å². The van der Waals surface area contributed by atoms with E-state index in [2.05, 4.69) is 54.3 Å². The molecule has 16 heavy (non-hydrogen) atoms. The van der Waals surface area contributed by atoms with Crippen molar-refractivity contribution in [2.45, 2.75) is 53.2 Å². The van der Waals surface area contributed by atoms with Gasteiger partial charge in [-0.3, -0.25) is 4.90 Å². The van der Waals surface area contributed by atoms with Crippen LogP contribution in [0, 0.1) is 5.41 Å². The van der Waals surface area contributed by atoms with E-state index in [1.165, 1.54) is 0 Å². The molecule has 0 atom stereocenters. The molecule has 1 aromatic heterocycles. The van der Waals surface area contributed by atoms with Gasteiger partial charge < -0.3 is 4.57 Å². The molecule has 0 amide bonds. The maximum Gasteiger partial charge on any atom is 0.147 e. The van der Waals surface area contributed by atoms with Gasteiger partial charge in [-0.05, 0) is 19.3 Å². The second kappa shape index (κ2) is 3.55. The van der Waals surface area contributed by atoms with Gasteiger partial charge in [0.1, 0.15) is 12.2 Å². The largest absolute Gasteiger partial charge is 0.315 e. The van der Waals surface area contributed by atoms with E-state index < -0.39 is 0 Å². The fraction of sp³-hybridized carbons (Fsp3) is 0.833. The summed E-state index contributed by atoms with van der Waals surface area (Å²) in [7, 11) is 0. The lowest BCUT2D eigenvalue weighted by Gasteiger charge is -2.49. The van der Waals surface area contributed by atoms with E-state index in [4.69, 9.17) is 0 Å². The number of hydrogen-bond acceptors (Lipinski definition) is 3. The Morgan fingerprint density at radius 3 is 2.44 bits per heavy atom. The Morgan fingerprint density at radius 2 is 1.81 bits per heavy atom. The Kier molecular flexibility index (Phi) is 2.57. The molecule has 4 heteroatoms.